The lowest BCUT2D eigenvalue weighted by Crippen LogP contribution is -2.34. The SMILES string of the molecule is CC(C)C1CSc2nc(-c3ccc(C(C)(C)C)nc3)c(C#N)c(=O)n2C1. The van der Waals surface area contributed by atoms with E-state index in [0.717, 1.165) is 11.4 Å². The van der Waals surface area contributed by atoms with Gasteiger partial charge in [0.25, 0.3) is 5.56 Å². The van der Waals surface area contributed by atoms with Crippen LogP contribution in [0.4, 0.5) is 0 Å². The third kappa shape index (κ3) is 3.41. The Morgan fingerprint density at radius 3 is 2.62 bits per heavy atom. The summed E-state index contributed by atoms with van der Waals surface area (Å²) in [5.74, 6) is 1.84. The van der Waals surface area contributed by atoms with Gasteiger partial charge in [-0.05, 0) is 24.0 Å². The second-order valence-electron chi connectivity index (χ2n) is 8.14. The largest absolute Gasteiger partial charge is 0.286 e. The van der Waals surface area contributed by atoms with Gasteiger partial charge in [0, 0.05) is 35.2 Å². The number of hydrogen-bond donors (Lipinski definition) is 0. The Morgan fingerprint density at radius 1 is 1.35 bits per heavy atom. The molecule has 0 aromatic carbocycles. The summed E-state index contributed by atoms with van der Waals surface area (Å²) in [7, 11) is 0. The molecule has 1 atom stereocenters. The minimum atomic E-state index is -0.245. The van der Waals surface area contributed by atoms with Crippen molar-refractivity contribution in [3.8, 4) is 17.3 Å². The van der Waals surface area contributed by atoms with Crippen molar-refractivity contribution in [2.75, 3.05) is 5.75 Å². The van der Waals surface area contributed by atoms with E-state index < -0.39 is 0 Å². The van der Waals surface area contributed by atoms with E-state index >= 15 is 0 Å². The summed E-state index contributed by atoms with van der Waals surface area (Å²) in [6.45, 7) is 11.2. The maximum Gasteiger partial charge on any atom is 0.272 e. The number of rotatable bonds is 2. The Kier molecular flexibility index (Phi) is 4.94. The Labute approximate surface area is 158 Å². The molecule has 6 heteroatoms. The maximum atomic E-state index is 12.9. The molecule has 0 N–H and O–H groups in total. The molecule has 1 aliphatic heterocycles. The second kappa shape index (κ2) is 6.88. The van der Waals surface area contributed by atoms with E-state index in [9.17, 15) is 10.1 Å². The fourth-order valence-electron chi connectivity index (χ4n) is 2.97. The lowest BCUT2D eigenvalue weighted by Gasteiger charge is -2.28. The number of thioether (sulfide) groups is 1. The van der Waals surface area contributed by atoms with Crippen LogP contribution < -0.4 is 5.56 Å². The summed E-state index contributed by atoms with van der Waals surface area (Å²) >= 11 is 1.60. The van der Waals surface area contributed by atoms with E-state index in [2.05, 4.69) is 50.7 Å². The van der Waals surface area contributed by atoms with E-state index in [1.54, 1.807) is 22.5 Å². The van der Waals surface area contributed by atoms with Crippen molar-refractivity contribution in [3.05, 3.63) is 39.9 Å². The molecule has 0 spiro atoms. The predicted molar refractivity (Wildman–Crippen MR) is 104 cm³/mol. The molecule has 26 heavy (non-hydrogen) atoms. The summed E-state index contributed by atoms with van der Waals surface area (Å²) in [5, 5.41) is 10.3. The first kappa shape index (κ1) is 18.7. The number of pyridine rings is 1. The number of aromatic nitrogens is 3. The van der Waals surface area contributed by atoms with Gasteiger partial charge in [0.1, 0.15) is 11.6 Å². The molecule has 3 heterocycles. The molecule has 0 bridgehead atoms. The van der Waals surface area contributed by atoms with Crippen molar-refractivity contribution < 1.29 is 0 Å². The average molecular weight is 369 g/mol. The van der Waals surface area contributed by atoms with Gasteiger partial charge in [-0.3, -0.25) is 14.3 Å². The highest BCUT2D eigenvalue weighted by molar-refractivity contribution is 7.99. The molecule has 2 aromatic rings. The van der Waals surface area contributed by atoms with Crippen LogP contribution in [0, 0.1) is 23.2 Å². The van der Waals surface area contributed by atoms with Gasteiger partial charge < -0.3 is 0 Å². The first-order chi connectivity index (χ1) is 12.2. The molecule has 0 fully saturated rings. The predicted octanol–water partition coefficient (Wildman–Crippen LogP) is 3.85. The Balaban J connectivity index is 2.09. The van der Waals surface area contributed by atoms with Crippen molar-refractivity contribution in [2.24, 2.45) is 11.8 Å². The summed E-state index contributed by atoms with van der Waals surface area (Å²) in [4.78, 5) is 22.1. The van der Waals surface area contributed by atoms with Crippen molar-refractivity contribution in [1.82, 2.24) is 14.5 Å². The number of fused-ring (bicyclic) bond motifs is 1. The summed E-state index contributed by atoms with van der Waals surface area (Å²) < 4.78 is 1.66. The first-order valence-electron chi connectivity index (χ1n) is 8.87. The van der Waals surface area contributed by atoms with Gasteiger partial charge in [0.2, 0.25) is 0 Å². The molecule has 3 rings (SSSR count). The number of nitrogens with zero attached hydrogens (tertiary/aromatic N) is 4. The van der Waals surface area contributed by atoms with Crippen LogP contribution in [0.15, 0.2) is 28.3 Å². The third-order valence-corrected chi connectivity index (χ3v) is 6.00. The van der Waals surface area contributed by atoms with Gasteiger partial charge >= 0.3 is 0 Å². The van der Waals surface area contributed by atoms with Gasteiger partial charge in [-0.15, -0.1) is 0 Å². The normalized spacial score (nSPS) is 17.0. The van der Waals surface area contributed by atoms with Crippen LogP contribution >= 0.6 is 11.8 Å². The van der Waals surface area contributed by atoms with E-state index in [1.165, 1.54) is 0 Å². The van der Waals surface area contributed by atoms with Crippen LogP contribution in [-0.2, 0) is 12.0 Å². The molecule has 0 radical (unpaired) electrons. The minimum Gasteiger partial charge on any atom is -0.286 e. The number of hydrogen-bond acceptors (Lipinski definition) is 5. The molecule has 0 saturated carbocycles. The topological polar surface area (TPSA) is 71.6 Å². The average Bonchev–Trinajstić information content (AvgIpc) is 2.60. The molecular formula is C20H24N4OS. The maximum absolute atomic E-state index is 12.9. The smallest absolute Gasteiger partial charge is 0.272 e. The van der Waals surface area contributed by atoms with Crippen LogP contribution in [0.25, 0.3) is 11.3 Å². The molecular weight excluding hydrogens is 344 g/mol. The van der Waals surface area contributed by atoms with E-state index in [0.29, 0.717) is 34.8 Å². The van der Waals surface area contributed by atoms with Gasteiger partial charge in [-0.25, -0.2) is 4.98 Å². The van der Waals surface area contributed by atoms with Gasteiger partial charge in [-0.2, -0.15) is 5.26 Å². The minimum absolute atomic E-state index is 0.0544. The van der Waals surface area contributed by atoms with Crippen LogP contribution in [0.5, 0.6) is 0 Å². The van der Waals surface area contributed by atoms with E-state index in [1.807, 2.05) is 12.1 Å². The van der Waals surface area contributed by atoms with Crippen molar-refractivity contribution in [2.45, 2.75) is 51.7 Å². The first-order valence-corrected chi connectivity index (χ1v) is 9.85. The lowest BCUT2D eigenvalue weighted by molar-refractivity contribution is 0.340. The van der Waals surface area contributed by atoms with E-state index in [-0.39, 0.29) is 16.5 Å². The zero-order chi connectivity index (χ0) is 19.1. The van der Waals surface area contributed by atoms with Crippen molar-refractivity contribution in [1.29, 1.82) is 5.26 Å². The van der Waals surface area contributed by atoms with E-state index in [4.69, 9.17) is 0 Å². The zero-order valence-electron chi connectivity index (χ0n) is 15.9. The monoisotopic (exact) mass is 368 g/mol. The highest BCUT2D eigenvalue weighted by atomic mass is 32.2. The molecule has 1 unspecified atom stereocenters. The lowest BCUT2D eigenvalue weighted by atomic mass is 9.91. The van der Waals surface area contributed by atoms with Crippen LogP contribution in [0.2, 0.25) is 0 Å². The quantitative estimate of drug-likeness (QED) is 0.753. The zero-order valence-corrected chi connectivity index (χ0v) is 16.7. The van der Waals surface area contributed by atoms with Gasteiger partial charge in [-0.1, -0.05) is 46.4 Å². The number of nitriles is 1. The summed E-state index contributed by atoms with van der Waals surface area (Å²) in [6, 6.07) is 5.91. The highest BCUT2D eigenvalue weighted by Crippen LogP contribution is 2.32. The Bertz CT molecular complexity index is 917. The molecule has 0 saturated heterocycles. The molecule has 0 aliphatic carbocycles. The molecule has 0 amide bonds. The Hall–Kier alpha value is -2.13. The van der Waals surface area contributed by atoms with Gasteiger partial charge in [0.05, 0.1) is 5.69 Å². The fraction of sp³-hybridized carbons (Fsp3) is 0.500. The summed E-state index contributed by atoms with van der Waals surface area (Å²) in [6.07, 6.45) is 1.71. The van der Waals surface area contributed by atoms with Crippen LogP contribution in [0.1, 0.15) is 45.9 Å². The highest BCUT2D eigenvalue weighted by Gasteiger charge is 2.27. The molecule has 2 aromatic heterocycles. The molecule has 1 aliphatic rings. The van der Waals surface area contributed by atoms with Gasteiger partial charge in [0.15, 0.2) is 5.16 Å². The van der Waals surface area contributed by atoms with Crippen LogP contribution in [0.3, 0.4) is 0 Å². The van der Waals surface area contributed by atoms with Crippen LogP contribution in [-0.4, -0.2) is 20.3 Å². The fourth-order valence-corrected chi connectivity index (χ4v) is 4.29. The second-order valence-corrected chi connectivity index (χ2v) is 9.13. The van der Waals surface area contributed by atoms with Crippen molar-refractivity contribution in [3.63, 3.8) is 0 Å². The van der Waals surface area contributed by atoms with Crippen molar-refractivity contribution >= 4 is 11.8 Å². The summed E-state index contributed by atoms with van der Waals surface area (Å²) in [5.41, 5.74) is 1.91. The molecule has 136 valence electrons. The Morgan fingerprint density at radius 2 is 2.08 bits per heavy atom. The standard InChI is InChI=1S/C20H24N4OS/c1-12(2)14-10-24-18(25)15(8-21)17(23-19(24)26-11-14)13-6-7-16(22-9-13)20(3,4)5/h6-7,9,12,14H,10-11H2,1-5H3. The molecule has 5 nitrogen and oxygen atoms in total. The third-order valence-electron chi connectivity index (χ3n) is 4.84.